The van der Waals surface area contributed by atoms with E-state index >= 15 is 0 Å². The zero-order valence-corrected chi connectivity index (χ0v) is 18.1. The van der Waals surface area contributed by atoms with E-state index in [1.165, 1.54) is 0 Å². The summed E-state index contributed by atoms with van der Waals surface area (Å²) in [5.41, 5.74) is 2.34. The van der Waals surface area contributed by atoms with Crippen molar-refractivity contribution in [3.05, 3.63) is 64.2 Å². The zero-order chi connectivity index (χ0) is 21.1. The predicted octanol–water partition coefficient (Wildman–Crippen LogP) is 3.67. The van der Waals surface area contributed by atoms with Gasteiger partial charge >= 0.3 is 0 Å². The Morgan fingerprint density at radius 1 is 1.10 bits per heavy atom. The number of hydrogen-bond acceptors (Lipinski definition) is 6. The van der Waals surface area contributed by atoms with Gasteiger partial charge in [-0.3, -0.25) is 9.69 Å². The minimum absolute atomic E-state index is 0.0787. The summed E-state index contributed by atoms with van der Waals surface area (Å²) in [6.45, 7) is 6.00. The van der Waals surface area contributed by atoms with Crippen molar-refractivity contribution in [3.63, 3.8) is 0 Å². The van der Waals surface area contributed by atoms with Gasteiger partial charge in [-0.2, -0.15) is 5.10 Å². The van der Waals surface area contributed by atoms with Gasteiger partial charge in [-0.1, -0.05) is 23.2 Å². The molecule has 1 aliphatic rings. The van der Waals surface area contributed by atoms with Crippen LogP contribution in [0.2, 0.25) is 10.0 Å². The van der Waals surface area contributed by atoms with Crippen molar-refractivity contribution in [2.75, 3.05) is 37.6 Å². The third-order valence-electron chi connectivity index (χ3n) is 5.33. The number of aromatic nitrogens is 4. The number of carbonyl (C=O) groups excluding carboxylic acids is 1. The van der Waals surface area contributed by atoms with Crippen molar-refractivity contribution in [1.29, 1.82) is 0 Å². The standard InChI is InChI=1S/C21H22Cl2N6O/c1-15-17(14-26-29(15)21-24-6-2-7-25-21)20(30)5-8-27-9-11-28(12-10-27)19-13-16(22)3-4-18(19)23/h2-4,6-7,13-14H,5,8-12H2,1H3. The number of Topliss-reactive ketones (excluding diaryl/α,β-unsaturated/α-hetero) is 1. The van der Waals surface area contributed by atoms with Crippen LogP contribution in [0.4, 0.5) is 5.69 Å². The van der Waals surface area contributed by atoms with Crippen LogP contribution in [-0.4, -0.2) is 63.2 Å². The number of piperazine rings is 1. The molecule has 0 saturated carbocycles. The molecule has 0 atom stereocenters. The van der Waals surface area contributed by atoms with Crippen molar-refractivity contribution >= 4 is 34.7 Å². The normalized spacial score (nSPS) is 14.8. The number of rotatable bonds is 6. The van der Waals surface area contributed by atoms with Crippen LogP contribution in [0, 0.1) is 6.92 Å². The Balaban J connectivity index is 1.32. The van der Waals surface area contributed by atoms with Crippen molar-refractivity contribution in [2.24, 2.45) is 0 Å². The van der Waals surface area contributed by atoms with Crippen LogP contribution < -0.4 is 4.90 Å². The molecule has 0 bridgehead atoms. The Hall–Kier alpha value is -2.48. The maximum Gasteiger partial charge on any atom is 0.250 e. The van der Waals surface area contributed by atoms with Gasteiger partial charge in [-0.15, -0.1) is 0 Å². The smallest absolute Gasteiger partial charge is 0.250 e. The number of carbonyl (C=O) groups is 1. The molecule has 0 aliphatic carbocycles. The molecule has 3 heterocycles. The Morgan fingerprint density at radius 3 is 2.57 bits per heavy atom. The van der Waals surface area contributed by atoms with E-state index in [4.69, 9.17) is 23.2 Å². The fourth-order valence-corrected chi connectivity index (χ4v) is 4.02. The first-order valence-corrected chi connectivity index (χ1v) is 10.6. The largest absolute Gasteiger partial charge is 0.368 e. The average Bonchev–Trinajstić information content (AvgIpc) is 3.16. The highest BCUT2D eigenvalue weighted by Crippen LogP contribution is 2.29. The second kappa shape index (κ2) is 9.12. The lowest BCUT2D eigenvalue weighted by Gasteiger charge is -2.36. The van der Waals surface area contributed by atoms with E-state index in [0.717, 1.165) is 37.6 Å². The fraction of sp³-hybridized carbons (Fsp3) is 0.333. The van der Waals surface area contributed by atoms with Gasteiger partial charge in [0.1, 0.15) is 0 Å². The maximum atomic E-state index is 12.8. The molecule has 0 radical (unpaired) electrons. The van der Waals surface area contributed by atoms with E-state index in [-0.39, 0.29) is 5.78 Å². The number of nitrogens with zero attached hydrogens (tertiary/aromatic N) is 6. The van der Waals surface area contributed by atoms with Gasteiger partial charge in [0.25, 0.3) is 5.95 Å². The van der Waals surface area contributed by atoms with E-state index in [9.17, 15) is 4.79 Å². The van der Waals surface area contributed by atoms with Crippen molar-refractivity contribution < 1.29 is 4.79 Å². The molecular formula is C21H22Cl2N6O. The maximum absolute atomic E-state index is 12.8. The molecule has 156 valence electrons. The van der Waals surface area contributed by atoms with Gasteiger partial charge in [0, 0.05) is 56.6 Å². The van der Waals surface area contributed by atoms with Crippen molar-refractivity contribution in [2.45, 2.75) is 13.3 Å². The minimum atomic E-state index is 0.0787. The van der Waals surface area contributed by atoms with Gasteiger partial charge in [-0.25, -0.2) is 14.6 Å². The van der Waals surface area contributed by atoms with Gasteiger partial charge in [0.2, 0.25) is 0 Å². The van der Waals surface area contributed by atoms with E-state index in [1.807, 2.05) is 19.1 Å². The molecular weight excluding hydrogens is 423 g/mol. The Morgan fingerprint density at radius 2 is 1.83 bits per heavy atom. The summed E-state index contributed by atoms with van der Waals surface area (Å²) < 4.78 is 1.60. The van der Waals surface area contributed by atoms with E-state index in [2.05, 4.69) is 24.9 Å². The minimum Gasteiger partial charge on any atom is -0.368 e. The number of ketones is 1. The van der Waals surface area contributed by atoms with Gasteiger partial charge in [0.15, 0.2) is 5.78 Å². The Kier molecular flexibility index (Phi) is 6.32. The molecule has 4 rings (SSSR count). The monoisotopic (exact) mass is 444 g/mol. The lowest BCUT2D eigenvalue weighted by atomic mass is 10.1. The predicted molar refractivity (Wildman–Crippen MR) is 118 cm³/mol. The van der Waals surface area contributed by atoms with Gasteiger partial charge < -0.3 is 4.90 Å². The molecule has 7 nitrogen and oxygen atoms in total. The lowest BCUT2D eigenvalue weighted by molar-refractivity contribution is 0.0962. The third kappa shape index (κ3) is 4.48. The number of halogens is 2. The lowest BCUT2D eigenvalue weighted by Crippen LogP contribution is -2.47. The van der Waals surface area contributed by atoms with Crippen LogP contribution in [0.3, 0.4) is 0 Å². The molecule has 9 heteroatoms. The fourth-order valence-electron chi connectivity index (χ4n) is 3.62. The van der Waals surface area contributed by atoms with Crippen LogP contribution >= 0.6 is 23.2 Å². The highest BCUT2D eigenvalue weighted by molar-refractivity contribution is 6.35. The van der Waals surface area contributed by atoms with Crippen LogP contribution in [0.15, 0.2) is 42.9 Å². The summed E-state index contributed by atoms with van der Waals surface area (Å²) in [5.74, 6) is 0.542. The van der Waals surface area contributed by atoms with Gasteiger partial charge in [-0.05, 0) is 31.2 Å². The topological polar surface area (TPSA) is 67.2 Å². The summed E-state index contributed by atoms with van der Waals surface area (Å²) in [6, 6.07) is 7.27. The van der Waals surface area contributed by atoms with Gasteiger partial charge in [0.05, 0.1) is 28.2 Å². The molecule has 0 unspecified atom stereocenters. The summed E-state index contributed by atoms with van der Waals surface area (Å²) in [6.07, 6.45) is 5.36. The summed E-state index contributed by atoms with van der Waals surface area (Å²) in [4.78, 5) is 25.7. The molecule has 1 saturated heterocycles. The van der Waals surface area contributed by atoms with E-state index < -0.39 is 0 Å². The number of benzene rings is 1. The van der Waals surface area contributed by atoms with E-state index in [1.54, 1.807) is 35.4 Å². The van der Waals surface area contributed by atoms with E-state index in [0.29, 0.717) is 34.5 Å². The van der Waals surface area contributed by atoms with Crippen molar-refractivity contribution in [3.8, 4) is 5.95 Å². The quantitative estimate of drug-likeness (QED) is 0.540. The first-order chi connectivity index (χ1) is 14.5. The summed E-state index contributed by atoms with van der Waals surface area (Å²) in [7, 11) is 0. The Labute approximate surface area is 185 Å². The Bertz CT molecular complexity index is 1030. The third-order valence-corrected chi connectivity index (χ3v) is 5.88. The first-order valence-electron chi connectivity index (χ1n) is 9.80. The zero-order valence-electron chi connectivity index (χ0n) is 16.6. The number of hydrogen-bond donors (Lipinski definition) is 0. The first kappa shape index (κ1) is 20.8. The molecule has 1 fully saturated rings. The summed E-state index contributed by atoms with van der Waals surface area (Å²) >= 11 is 12.4. The average molecular weight is 445 g/mol. The second-order valence-electron chi connectivity index (χ2n) is 7.20. The van der Waals surface area contributed by atoms with Crippen LogP contribution in [0.1, 0.15) is 22.5 Å². The molecule has 2 aromatic heterocycles. The van der Waals surface area contributed by atoms with Crippen molar-refractivity contribution in [1.82, 2.24) is 24.6 Å². The molecule has 3 aromatic rings. The highest BCUT2D eigenvalue weighted by Gasteiger charge is 2.21. The molecule has 1 aromatic carbocycles. The number of anilines is 1. The van der Waals surface area contributed by atoms with Crippen LogP contribution in [0.25, 0.3) is 5.95 Å². The second-order valence-corrected chi connectivity index (χ2v) is 8.05. The van der Waals surface area contributed by atoms with Crippen LogP contribution in [0.5, 0.6) is 0 Å². The SMILES string of the molecule is Cc1c(C(=O)CCN2CCN(c3cc(Cl)ccc3Cl)CC2)cnn1-c1ncccn1. The molecule has 0 amide bonds. The molecule has 0 N–H and O–H groups in total. The summed E-state index contributed by atoms with van der Waals surface area (Å²) in [5, 5.41) is 5.67. The molecule has 0 spiro atoms. The molecule has 30 heavy (non-hydrogen) atoms. The molecule has 1 aliphatic heterocycles. The van der Waals surface area contributed by atoms with Crippen LogP contribution in [-0.2, 0) is 0 Å². The highest BCUT2D eigenvalue weighted by atomic mass is 35.5.